The number of fused-ring (bicyclic) bond motifs is 3. The van der Waals surface area contributed by atoms with Crippen LogP contribution in [0.3, 0.4) is 0 Å². The molecule has 3 aromatic rings. The van der Waals surface area contributed by atoms with E-state index in [2.05, 4.69) is 19.2 Å². The number of carbonyl (C=O) groups is 1. The predicted octanol–water partition coefficient (Wildman–Crippen LogP) is 3.58. The van der Waals surface area contributed by atoms with Gasteiger partial charge in [-0.2, -0.15) is 0 Å². The van der Waals surface area contributed by atoms with E-state index in [-0.39, 0.29) is 17.5 Å². The lowest BCUT2D eigenvalue weighted by molar-refractivity contribution is 0.0883. The van der Waals surface area contributed by atoms with Gasteiger partial charge in [0.2, 0.25) is 0 Å². The van der Waals surface area contributed by atoms with Crippen molar-refractivity contribution in [3.8, 4) is 0 Å². The molecule has 5 nitrogen and oxygen atoms in total. The van der Waals surface area contributed by atoms with Crippen molar-refractivity contribution in [2.75, 3.05) is 0 Å². The average molecular weight is 365 g/mol. The maximum atomic E-state index is 13.0. The first-order valence-corrected chi connectivity index (χ1v) is 9.78. The third-order valence-corrected chi connectivity index (χ3v) is 6.54. The fraction of sp³-hybridized carbons (Fsp3) is 0.455. The molecule has 4 rings (SSSR count). The van der Waals surface area contributed by atoms with E-state index in [0.717, 1.165) is 29.3 Å². The molecule has 3 unspecified atom stereocenters. The molecule has 1 aliphatic rings. The second kappa shape index (κ2) is 6.55. The predicted molar refractivity (Wildman–Crippen MR) is 109 cm³/mol. The van der Waals surface area contributed by atoms with Gasteiger partial charge in [-0.15, -0.1) is 0 Å². The number of para-hydroxylation sites is 1. The lowest BCUT2D eigenvalue weighted by Crippen LogP contribution is -2.44. The summed E-state index contributed by atoms with van der Waals surface area (Å²) in [6.45, 7) is 4.48. The molecule has 1 saturated carbocycles. The van der Waals surface area contributed by atoms with Crippen molar-refractivity contribution in [2.24, 2.45) is 25.9 Å². The molecule has 27 heavy (non-hydrogen) atoms. The highest BCUT2D eigenvalue weighted by Crippen LogP contribution is 2.30. The largest absolute Gasteiger partial charge is 0.348 e. The van der Waals surface area contributed by atoms with E-state index in [4.69, 9.17) is 0 Å². The van der Waals surface area contributed by atoms with Crippen molar-refractivity contribution in [1.82, 2.24) is 14.5 Å². The van der Waals surface area contributed by atoms with Gasteiger partial charge in [-0.05, 0) is 30.4 Å². The minimum Gasteiger partial charge on any atom is -0.348 e. The molecule has 0 bridgehead atoms. The fourth-order valence-corrected chi connectivity index (χ4v) is 4.59. The number of pyridine rings is 1. The maximum absolute atomic E-state index is 13.0. The summed E-state index contributed by atoms with van der Waals surface area (Å²) in [5.41, 5.74) is 2.17. The van der Waals surface area contributed by atoms with Gasteiger partial charge in [0.15, 0.2) is 0 Å². The summed E-state index contributed by atoms with van der Waals surface area (Å²) >= 11 is 0. The minimum absolute atomic E-state index is 0.0713. The zero-order valence-corrected chi connectivity index (χ0v) is 16.5. The summed E-state index contributed by atoms with van der Waals surface area (Å²) in [6.07, 6.45) is 3.40. The molecular formula is C22H27N3O2. The van der Waals surface area contributed by atoms with Crippen LogP contribution in [0.15, 0.2) is 35.1 Å². The third kappa shape index (κ3) is 2.76. The van der Waals surface area contributed by atoms with Crippen LogP contribution in [-0.4, -0.2) is 21.1 Å². The Morgan fingerprint density at radius 2 is 1.81 bits per heavy atom. The van der Waals surface area contributed by atoms with Gasteiger partial charge in [-0.3, -0.25) is 9.59 Å². The monoisotopic (exact) mass is 365 g/mol. The van der Waals surface area contributed by atoms with Crippen LogP contribution in [0.4, 0.5) is 0 Å². The van der Waals surface area contributed by atoms with E-state index in [1.807, 2.05) is 35.9 Å². The summed E-state index contributed by atoms with van der Waals surface area (Å²) in [4.78, 5) is 25.9. The molecule has 0 spiro atoms. The topological polar surface area (TPSA) is 56.0 Å². The Morgan fingerprint density at radius 3 is 2.59 bits per heavy atom. The molecule has 0 aliphatic heterocycles. The van der Waals surface area contributed by atoms with Crippen molar-refractivity contribution in [1.29, 1.82) is 0 Å². The Morgan fingerprint density at radius 1 is 1.07 bits per heavy atom. The first-order chi connectivity index (χ1) is 12.9. The highest BCUT2D eigenvalue weighted by atomic mass is 16.2. The minimum atomic E-state index is -0.0919. The van der Waals surface area contributed by atoms with Gasteiger partial charge in [0.1, 0.15) is 5.69 Å². The van der Waals surface area contributed by atoms with Crippen molar-refractivity contribution in [3.63, 3.8) is 0 Å². The molecule has 2 aromatic heterocycles. The quantitative estimate of drug-likeness (QED) is 0.755. The van der Waals surface area contributed by atoms with Gasteiger partial charge in [0.05, 0.1) is 16.4 Å². The number of benzene rings is 1. The molecular weight excluding hydrogens is 338 g/mol. The Bertz CT molecular complexity index is 1090. The lowest BCUT2D eigenvalue weighted by Gasteiger charge is -2.34. The highest BCUT2D eigenvalue weighted by Gasteiger charge is 2.29. The number of aryl methyl sites for hydroxylation is 2. The van der Waals surface area contributed by atoms with Gasteiger partial charge < -0.3 is 14.5 Å². The number of nitrogens with one attached hydrogen (secondary N) is 1. The second-order valence-corrected chi connectivity index (χ2v) is 8.08. The standard InChI is InChI=1S/C22H27N3O2/c1-13-8-7-10-17(14(13)2)23-21(26)19-12-16-20(24(19)3)15-9-5-6-11-18(15)25(4)22(16)27/h5-6,9,11-14,17H,7-8,10H2,1-4H3,(H,23,26). The van der Waals surface area contributed by atoms with E-state index in [9.17, 15) is 9.59 Å². The smallest absolute Gasteiger partial charge is 0.268 e. The Kier molecular flexibility index (Phi) is 4.33. The van der Waals surface area contributed by atoms with E-state index in [1.165, 1.54) is 6.42 Å². The molecule has 2 heterocycles. The molecule has 1 fully saturated rings. The number of carbonyl (C=O) groups excluding carboxylic acids is 1. The molecule has 5 heteroatoms. The normalized spacial score (nSPS) is 23.0. The first kappa shape index (κ1) is 17.8. The highest BCUT2D eigenvalue weighted by molar-refractivity contribution is 6.08. The van der Waals surface area contributed by atoms with Crippen LogP contribution in [0.2, 0.25) is 0 Å². The second-order valence-electron chi connectivity index (χ2n) is 8.08. The SMILES string of the molecule is CC1CCCC(NC(=O)c2cc3c(=O)n(C)c4ccccc4c3n2C)C1C. The van der Waals surface area contributed by atoms with Crippen molar-refractivity contribution in [3.05, 3.63) is 46.4 Å². The van der Waals surface area contributed by atoms with Crippen LogP contribution in [0.5, 0.6) is 0 Å². The Balaban J connectivity index is 1.80. The molecule has 1 N–H and O–H groups in total. The molecule has 1 aromatic carbocycles. The first-order valence-electron chi connectivity index (χ1n) is 9.78. The van der Waals surface area contributed by atoms with Gasteiger partial charge >= 0.3 is 0 Å². The third-order valence-electron chi connectivity index (χ3n) is 6.54. The number of nitrogens with zero attached hydrogens (tertiary/aromatic N) is 2. The van der Waals surface area contributed by atoms with Crippen LogP contribution in [0, 0.1) is 11.8 Å². The number of aromatic nitrogens is 2. The average Bonchev–Trinajstić information content (AvgIpc) is 3.01. The zero-order valence-electron chi connectivity index (χ0n) is 16.5. The number of amides is 1. The zero-order chi connectivity index (χ0) is 19.3. The van der Waals surface area contributed by atoms with Crippen molar-refractivity contribution >= 4 is 27.7 Å². The fourth-order valence-electron chi connectivity index (χ4n) is 4.59. The summed E-state index contributed by atoms with van der Waals surface area (Å²) in [6, 6.07) is 9.77. The van der Waals surface area contributed by atoms with Gasteiger partial charge in [0.25, 0.3) is 11.5 Å². The number of hydrogen-bond donors (Lipinski definition) is 1. The summed E-state index contributed by atoms with van der Waals surface area (Å²) in [7, 11) is 3.65. The molecule has 1 aliphatic carbocycles. The number of rotatable bonds is 2. The van der Waals surface area contributed by atoms with Crippen molar-refractivity contribution in [2.45, 2.75) is 39.2 Å². The maximum Gasteiger partial charge on any atom is 0.268 e. The van der Waals surface area contributed by atoms with Gasteiger partial charge in [-0.1, -0.05) is 44.9 Å². The number of hydrogen-bond acceptors (Lipinski definition) is 2. The van der Waals surface area contributed by atoms with Crippen LogP contribution < -0.4 is 10.9 Å². The van der Waals surface area contributed by atoms with Gasteiger partial charge in [-0.25, -0.2) is 0 Å². The van der Waals surface area contributed by atoms with Crippen molar-refractivity contribution < 1.29 is 4.79 Å². The van der Waals surface area contributed by atoms with E-state index in [1.54, 1.807) is 17.7 Å². The molecule has 3 atom stereocenters. The molecule has 1 amide bonds. The Labute approximate surface area is 159 Å². The van der Waals surface area contributed by atoms with Crippen LogP contribution in [-0.2, 0) is 14.1 Å². The summed E-state index contributed by atoms with van der Waals surface area (Å²) < 4.78 is 3.52. The van der Waals surface area contributed by atoms with Crippen LogP contribution >= 0.6 is 0 Å². The molecule has 142 valence electrons. The van der Waals surface area contributed by atoms with Crippen LogP contribution in [0.25, 0.3) is 21.8 Å². The van der Waals surface area contributed by atoms with E-state index in [0.29, 0.717) is 22.9 Å². The summed E-state index contributed by atoms with van der Waals surface area (Å²) in [5, 5.41) is 4.80. The molecule has 0 saturated heterocycles. The van der Waals surface area contributed by atoms with Gasteiger partial charge in [0, 0.05) is 25.5 Å². The van der Waals surface area contributed by atoms with Crippen LogP contribution in [0.1, 0.15) is 43.6 Å². The molecule has 0 radical (unpaired) electrons. The van der Waals surface area contributed by atoms with E-state index < -0.39 is 0 Å². The Hall–Kier alpha value is -2.56. The van der Waals surface area contributed by atoms with E-state index >= 15 is 0 Å². The summed E-state index contributed by atoms with van der Waals surface area (Å²) in [5.74, 6) is 0.990. The lowest BCUT2D eigenvalue weighted by atomic mass is 9.78.